The molecule has 0 N–H and O–H groups in total. The first kappa shape index (κ1) is 15.0. The summed E-state index contributed by atoms with van der Waals surface area (Å²) in [5.74, 6) is 1.56. The number of carbonyl (C=O) groups excluding carboxylic acids is 1. The Hall–Kier alpha value is -1.35. The molecule has 1 aliphatic heterocycles. The van der Waals surface area contributed by atoms with Crippen molar-refractivity contribution in [3.8, 4) is 5.75 Å². The SMILES string of the molecule is COc1cc(C)c(C)cc1C(=O)CN1CCCC(C)C1. The van der Waals surface area contributed by atoms with Crippen molar-refractivity contribution in [2.24, 2.45) is 5.92 Å². The van der Waals surface area contributed by atoms with Crippen molar-refractivity contribution in [2.75, 3.05) is 26.7 Å². The highest BCUT2D eigenvalue weighted by Crippen LogP contribution is 2.24. The quantitative estimate of drug-likeness (QED) is 0.790. The van der Waals surface area contributed by atoms with Gasteiger partial charge in [0.25, 0.3) is 0 Å². The molecule has 1 aliphatic rings. The van der Waals surface area contributed by atoms with Gasteiger partial charge in [-0.25, -0.2) is 0 Å². The van der Waals surface area contributed by atoms with E-state index in [9.17, 15) is 4.79 Å². The molecule has 0 radical (unpaired) electrons. The van der Waals surface area contributed by atoms with Crippen LogP contribution in [0.25, 0.3) is 0 Å². The Morgan fingerprint density at radius 1 is 1.35 bits per heavy atom. The summed E-state index contributed by atoms with van der Waals surface area (Å²) < 4.78 is 5.37. The van der Waals surface area contributed by atoms with Crippen LogP contribution in [0.5, 0.6) is 5.75 Å². The summed E-state index contributed by atoms with van der Waals surface area (Å²) in [7, 11) is 1.63. The number of benzene rings is 1. The average Bonchev–Trinajstić information content (AvgIpc) is 2.41. The Labute approximate surface area is 121 Å². The Kier molecular flexibility index (Phi) is 4.81. The van der Waals surface area contributed by atoms with Crippen molar-refractivity contribution in [3.63, 3.8) is 0 Å². The third-order valence-corrected chi connectivity index (χ3v) is 4.22. The molecule has 1 saturated heterocycles. The molecule has 1 atom stereocenters. The molecule has 1 fully saturated rings. The van der Waals surface area contributed by atoms with Gasteiger partial charge in [-0.3, -0.25) is 9.69 Å². The van der Waals surface area contributed by atoms with E-state index in [0.29, 0.717) is 23.8 Å². The molecule has 20 heavy (non-hydrogen) atoms. The first-order valence-corrected chi connectivity index (χ1v) is 7.42. The lowest BCUT2D eigenvalue weighted by Gasteiger charge is -2.30. The van der Waals surface area contributed by atoms with Crippen LogP contribution < -0.4 is 4.74 Å². The minimum Gasteiger partial charge on any atom is -0.496 e. The summed E-state index contributed by atoms with van der Waals surface area (Å²) in [6, 6.07) is 3.92. The molecule has 3 nitrogen and oxygen atoms in total. The van der Waals surface area contributed by atoms with Crippen LogP contribution in [0, 0.1) is 19.8 Å². The van der Waals surface area contributed by atoms with Gasteiger partial charge in [0.15, 0.2) is 5.78 Å². The van der Waals surface area contributed by atoms with Crippen LogP contribution in [-0.2, 0) is 0 Å². The number of piperidine rings is 1. The standard InChI is InChI=1S/C17H25NO2/c1-12-6-5-7-18(10-12)11-16(19)15-8-13(2)14(3)9-17(15)20-4/h8-9,12H,5-7,10-11H2,1-4H3. The molecule has 0 spiro atoms. The summed E-state index contributed by atoms with van der Waals surface area (Å²) in [5.41, 5.74) is 3.01. The smallest absolute Gasteiger partial charge is 0.180 e. The molecule has 1 unspecified atom stereocenters. The number of methoxy groups -OCH3 is 1. The van der Waals surface area contributed by atoms with Gasteiger partial charge >= 0.3 is 0 Å². The van der Waals surface area contributed by atoms with Crippen molar-refractivity contribution in [1.29, 1.82) is 0 Å². The highest BCUT2D eigenvalue weighted by atomic mass is 16.5. The number of rotatable bonds is 4. The van der Waals surface area contributed by atoms with Crippen LogP contribution in [0.1, 0.15) is 41.3 Å². The number of hydrogen-bond acceptors (Lipinski definition) is 3. The fourth-order valence-electron chi connectivity index (χ4n) is 2.90. The minimum absolute atomic E-state index is 0.166. The number of hydrogen-bond donors (Lipinski definition) is 0. The number of Topliss-reactive ketones (excluding diaryl/α,β-unsaturated/α-hetero) is 1. The molecule has 1 aromatic carbocycles. The van der Waals surface area contributed by atoms with Crippen molar-refractivity contribution in [3.05, 3.63) is 28.8 Å². The van der Waals surface area contributed by atoms with E-state index in [2.05, 4.69) is 11.8 Å². The highest BCUT2D eigenvalue weighted by molar-refractivity contribution is 6.00. The Balaban J connectivity index is 2.14. The normalized spacial score (nSPS) is 19.9. The van der Waals surface area contributed by atoms with Crippen molar-refractivity contribution < 1.29 is 9.53 Å². The van der Waals surface area contributed by atoms with Gasteiger partial charge in [-0.15, -0.1) is 0 Å². The Morgan fingerprint density at radius 2 is 2.05 bits per heavy atom. The summed E-state index contributed by atoms with van der Waals surface area (Å²) in [4.78, 5) is 14.8. The maximum absolute atomic E-state index is 12.5. The molecule has 0 bridgehead atoms. The fraction of sp³-hybridized carbons (Fsp3) is 0.588. The van der Waals surface area contributed by atoms with E-state index in [4.69, 9.17) is 4.74 Å². The molecule has 110 valence electrons. The van der Waals surface area contributed by atoms with E-state index in [0.717, 1.165) is 24.2 Å². The summed E-state index contributed by atoms with van der Waals surface area (Å²) in [6.45, 7) is 8.89. The second kappa shape index (κ2) is 6.40. The predicted molar refractivity (Wildman–Crippen MR) is 81.6 cm³/mol. The molecule has 1 aromatic rings. The number of carbonyl (C=O) groups is 1. The zero-order valence-corrected chi connectivity index (χ0v) is 13.0. The van der Waals surface area contributed by atoms with Gasteiger partial charge in [0.2, 0.25) is 0 Å². The van der Waals surface area contributed by atoms with Crippen LogP contribution in [0.3, 0.4) is 0 Å². The maximum atomic E-state index is 12.5. The molecular weight excluding hydrogens is 250 g/mol. The van der Waals surface area contributed by atoms with Gasteiger partial charge < -0.3 is 4.74 Å². The number of likely N-dealkylation sites (tertiary alicyclic amines) is 1. The highest BCUT2D eigenvalue weighted by Gasteiger charge is 2.21. The third kappa shape index (κ3) is 3.40. The number of aryl methyl sites for hydroxylation is 2. The molecule has 1 heterocycles. The zero-order valence-electron chi connectivity index (χ0n) is 13.0. The van der Waals surface area contributed by atoms with Gasteiger partial charge in [0, 0.05) is 6.54 Å². The van der Waals surface area contributed by atoms with Gasteiger partial charge in [0.1, 0.15) is 5.75 Å². The first-order chi connectivity index (χ1) is 9.51. The number of ketones is 1. The molecule has 0 aliphatic carbocycles. The van der Waals surface area contributed by atoms with Gasteiger partial charge in [0.05, 0.1) is 19.2 Å². The lowest BCUT2D eigenvalue weighted by Crippen LogP contribution is -2.38. The van der Waals surface area contributed by atoms with E-state index in [-0.39, 0.29) is 5.78 Å². The summed E-state index contributed by atoms with van der Waals surface area (Å²) in [6.07, 6.45) is 2.47. The number of nitrogens with zero attached hydrogens (tertiary/aromatic N) is 1. The van der Waals surface area contributed by atoms with Crippen molar-refractivity contribution in [1.82, 2.24) is 4.90 Å². The fourth-order valence-corrected chi connectivity index (χ4v) is 2.90. The van der Waals surface area contributed by atoms with Crippen LogP contribution in [-0.4, -0.2) is 37.4 Å². The second-order valence-corrected chi connectivity index (χ2v) is 6.04. The second-order valence-electron chi connectivity index (χ2n) is 6.04. The van der Waals surface area contributed by atoms with Gasteiger partial charge in [-0.2, -0.15) is 0 Å². The average molecular weight is 275 g/mol. The lowest BCUT2D eigenvalue weighted by atomic mass is 9.98. The third-order valence-electron chi connectivity index (χ3n) is 4.22. The maximum Gasteiger partial charge on any atom is 0.180 e. The molecule has 0 amide bonds. The molecule has 0 aromatic heterocycles. The van der Waals surface area contributed by atoms with Gasteiger partial charge in [-0.05, 0) is 62.4 Å². The van der Waals surface area contributed by atoms with Crippen molar-refractivity contribution in [2.45, 2.75) is 33.6 Å². The van der Waals surface area contributed by atoms with E-state index in [1.165, 1.54) is 12.8 Å². The van der Waals surface area contributed by atoms with E-state index in [1.54, 1.807) is 7.11 Å². The topological polar surface area (TPSA) is 29.5 Å². The number of ether oxygens (including phenoxy) is 1. The summed E-state index contributed by atoms with van der Waals surface area (Å²) in [5, 5.41) is 0. The first-order valence-electron chi connectivity index (χ1n) is 7.42. The van der Waals surface area contributed by atoms with Crippen molar-refractivity contribution >= 4 is 5.78 Å². The lowest BCUT2D eigenvalue weighted by molar-refractivity contribution is 0.0890. The van der Waals surface area contributed by atoms with Crippen LogP contribution in [0.4, 0.5) is 0 Å². The van der Waals surface area contributed by atoms with E-state index < -0.39 is 0 Å². The molecular formula is C17H25NO2. The summed E-state index contributed by atoms with van der Waals surface area (Å²) >= 11 is 0. The largest absolute Gasteiger partial charge is 0.496 e. The van der Waals surface area contributed by atoms with Crippen LogP contribution >= 0.6 is 0 Å². The van der Waals surface area contributed by atoms with E-state index in [1.807, 2.05) is 26.0 Å². The van der Waals surface area contributed by atoms with Crippen LogP contribution in [0.2, 0.25) is 0 Å². The zero-order chi connectivity index (χ0) is 14.7. The minimum atomic E-state index is 0.166. The predicted octanol–water partition coefficient (Wildman–Crippen LogP) is 3.23. The molecule has 2 rings (SSSR count). The molecule has 3 heteroatoms. The van der Waals surface area contributed by atoms with Gasteiger partial charge in [-0.1, -0.05) is 6.92 Å². The Morgan fingerprint density at radius 3 is 2.70 bits per heavy atom. The monoisotopic (exact) mass is 275 g/mol. The van der Waals surface area contributed by atoms with Crippen LogP contribution in [0.15, 0.2) is 12.1 Å². The molecule has 0 saturated carbocycles. The Bertz CT molecular complexity index is 496. The van der Waals surface area contributed by atoms with E-state index >= 15 is 0 Å².